The van der Waals surface area contributed by atoms with Gasteiger partial charge in [-0.05, 0) is 47.9 Å². The van der Waals surface area contributed by atoms with Gasteiger partial charge in [0, 0.05) is 30.1 Å². The molecule has 0 bridgehead atoms. The van der Waals surface area contributed by atoms with Crippen molar-refractivity contribution in [2.75, 3.05) is 11.4 Å². The molecule has 27 heavy (non-hydrogen) atoms. The molecular formula is C21H20FN3O2. The number of rotatable bonds is 4. The Balaban J connectivity index is 1.51. The number of aromatic nitrogens is 2. The Labute approximate surface area is 156 Å². The van der Waals surface area contributed by atoms with E-state index in [2.05, 4.69) is 36.1 Å². The molecule has 0 spiro atoms. The van der Waals surface area contributed by atoms with Gasteiger partial charge in [0.2, 0.25) is 5.91 Å². The molecular weight excluding hydrogens is 345 g/mol. The Bertz CT molecular complexity index is 948. The second-order valence-corrected chi connectivity index (χ2v) is 7.12. The number of amides is 1. The number of anilines is 1. The van der Waals surface area contributed by atoms with Crippen LogP contribution in [0.4, 0.5) is 10.1 Å². The fraction of sp³-hybridized carbons (Fsp3) is 0.286. The average molecular weight is 365 g/mol. The Morgan fingerprint density at radius 1 is 1.11 bits per heavy atom. The van der Waals surface area contributed by atoms with Gasteiger partial charge in [0.05, 0.1) is 0 Å². The largest absolute Gasteiger partial charge is 0.334 e. The van der Waals surface area contributed by atoms with Gasteiger partial charge >= 0.3 is 0 Å². The molecule has 1 unspecified atom stereocenters. The van der Waals surface area contributed by atoms with Crippen molar-refractivity contribution in [1.82, 2.24) is 10.1 Å². The quantitative estimate of drug-likeness (QED) is 0.682. The molecule has 0 N–H and O–H groups in total. The first-order chi connectivity index (χ1) is 13.0. The highest BCUT2D eigenvalue weighted by molar-refractivity contribution is 5.96. The summed E-state index contributed by atoms with van der Waals surface area (Å²) in [7, 11) is 0. The normalized spacial score (nSPS) is 17.1. The van der Waals surface area contributed by atoms with E-state index in [-0.39, 0.29) is 17.6 Å². The summed E-state index contributed by atoms with van der Waals surface area (Å²) in [6.07, 6.45) is 0.342. The molecule has 1 amide bonds. The van der Waals surface area contributed by atoms with Crippen LogP contribution in [0.2, 0.25) is 0 Å². The van der Waals surface area contributed by atoms with E-state index in [0.717, 1.165) is 5.69 Å². The van der Waals surface area contributed by atoms with Crippen LogP contribution < -0.4 is 4.90 Å². The monoisotopic (exact) mass is 365 g/mol. The molecule has 1 aliphatic rings. The molecule has 2 heterocycles. The number of carbonyl (C=O) groups excluding carboxylic acids is 1. The van der Waals surface area contributed by atoms with E-state index in [1.54, 1.807) is 17.0 Å². The highest BCUT2D eigenvalue weighted by atomic mass is 19.1. The minimum absolute atomic E-state index is 0.0467. The molecule has 1 fully saturated rings. The fourth-order valence-electron chi connectivity index (χ4n) is 3.28. The zero-order valence-corrected chi connectivity index (χ0v) is 15.2. The van der Waals surface area contributed by atoms with Gasteiger partial charge in [0.25, 0.3) is 5.89 Å². The number of nitrogens with zero attached hydrogens (tertiary/aromatic N) is 3. The molecule has 4 rings (SSSR count). The lowest BCUT2D eigenvalue weighted by Gasteiger charge is -2.17. The zero-order chi connectivity index (χ0) is 19.0. The maximum atomic E-state index is 13.1. The van der Waals surface area contributed by atoms with Crippen LogP contribution in [0, 0.1) is 5.82 Å². The smallest absolute Gasteiger partial charge is 0.257 e. The minimum atomic E-state index is -0.320. The van der Waals surface area contributed by atoms with E-state index >= 15 is 0 Å². The van der Waals surface area contributed by atoms with Crippen LogP contribution >= 0.6 is 0 Å². The summed E-state index contributed by atoms with van der Waals surface area (Å²) in [5.74, 6) is 0.885. The van der Waals surface area contributed by atoms with Crippen molar-refractivity contribution >= 4 is 11.6 Å². The Hall–Kier alpha value is -3.02. The van der Waals surface area contributed by atoms with E-state index < -0.39 is 0 Å². The Kier molecular flexibility index (Phi) is 4.48. The fourth-order valence-corrected chi connectivity index (χ4v) is 3.28. The first kappa shape index (κ1) is 17.4. The predicted molar refractivity (Wildman–Crippen MR) is 99.9 cm³/mol. The number of carbonyl (C=O) groups is 1. The topological polar surface area (TPSA) is 59.2 Å². The van der Waals surface area contributed by atoms with Crippen molar-refractivity contribution in [3.05, 3.63) is 65.7 Å². The molecule has 1 saturated heterocycles. The maximum Gasteiger partial charge on any atom is 0.257 e. The van der Waals surface area contributed by atoms with Crippen LogP contribution in [-0.4, -0.2) is 22.6 Å². The van der Waals surface area contributed by atoms with Crippen LogP contribution in [-0.2, 0) is 4.79 Å². The first-order valence-corrected chi connectivity index (χ1v) is 9.01. The molecule has 1 aliphatic heterocycles. The number of halogens is 1. The summed E-state index contributed by atoms with van der Waals surface area (Å²) in [4.78, 5) is 18.7. The lowest BCUT2D eigenvalue weighted by Crippen LogP contribution is -2.24. The second kappa shape index (κ2) is 6.95. The Morgan fingerprint density at radius 2 is 1.81 bits per heavy atom. The van der Waals surface area contributed by atoms with E-state index in [1.807, 2.05) is 12.1 Å². The SMILES string of the molecule is CC(C)c1ccc(N2CC(c3noc(-c4ccc(F)cc4)n3)CC2=O)cc1. The third-order valence-electron chi connectivity index (χ3n) is 4.89. The average Bonchev–Trinajstić information content (AvgIpc) is 3.29. The van der Waals surface area contributed by atoms with Gasteiger partial charge in [-0.1, -0.05) is 31.1 Å². The molecule has 0 saturated carbocycles. The van der Waals surface area contributed by atoms with Crippen molar-refractivity contribution in [2.45, 2.75) is 32.1 Å². The summed E-state index contributed by atoms with van der Waals surface area (Å²) in [5.41, 5.74) is 2.78. The van der Waals surface area contributed by atoms with Gasteiger partial charge < -0.3 is 9.42 Å². The van der Waals surface area contributed by atoms with Gasteiger partial charge in [0.1, 0.15) is 5.82 Å². The van der Waals surface area contributed by atoms with Gasteiger partial charge in [-0.3, -0.25) is 4.79 Å². The van der Waals surface area contributed by atoms with Gasteiger partial charge in [0.15, 0.2) is 5.82 Å². The van der Waals surface area contributed by atoms with Gasteiger partial charge in [-0.25, -0.2) is 4.39 Å². The van der Waals surface area contributed by atoms with Gasteiger partial charge in [-0.15, -0.1) is 0 Å². The van der Waals surface area contributed by atoms with Crippen molar-refractivity contribution < 1.29 is 13.7 Å². The highest BCUT2D eigenvalue weighted by Crippen LogP contribution is 2.32. The molecule has 138 valence electrons. The number of hydrogen-bond donors (Lipinski definition) is 0. The predicted octanol–water partition coefficient (Wildman–Crippen LogP) is 4.52. The molecule has 0 aliphatic carbocycles. The van der Waals surface area contributed by atoms with Crippen LogP contribution in [0.5, 0.6) is 0 Å². The summed E-state index contributed by atoms with van der Waals surface area (Å²) < 4.78 is 18.4. The van der Waals surface area contributed by atoms with Crippen molar-refractivity contribution in [1.29, 1.82) is 0 Å². The summed E-state index contributed by atoms with van der Waals surface area (Å²) in [6, 6.07) is 14.0. The summed E-state index contributed by atoms with van der Waals surface area (Å²) in [5, 5.41) is 4.04. The van der Waals surface area contributed by atoms with Crippen LogP contribution in [0.1, 0.15) is 43.5 Å². The molecule has 0 radical (unpaired) electrons. The van der Waals surface area contributed by atoms with Gasteiger partial charge in [-0.2, -0.15) is 4.98 Å². The second-order valence-electron chi connectivity index (χ2n) is 7.12. The van der Waals surface area contributed by atoms with Crippen molar-refractivity contribution in [2.24, 2.45) is 0 Å². The van der Waals surface area contributed by atoms with E-state index in [0.29, 0.717) is 36.2 Å². The molecule has 2 aromatic carbocycles. The number of hydrogen-bond acceptors (Lipinski definition) is 4. The maximum absolute atomic E-state index is 13.1. The highest BCUT2D eigenvalue weighted by Gasteiger charge is 2.34. The van der Waals surface area contributed by atoms with E-state index in [1.165, 1.54) is 17.7 Å². The van der Waals surface area contributed by atoms with Crippen LogP contribution in [0.15, 0.2) is 53.1 Å². The molecule has 3 aromatic rings. The standard InChI is InChI=1S/C21H20FN3O2/c1-13(2)14-5-9-18(10-6-14)25-12-16(11-19(25)26)20-23-21(27-24-20)15-3-7-17(22)8-4-15/h3-10,13,16H,11-12H2,1-2H3. The number of benzene rings is 2. The summed E-state index contributed by atoms with van der Waals surface area (Å²) >= 11 is 0. The zero-order valence-electron chi connectivity index (χ0n) is 15.2. The van der Waals surface area contributed by atoms with Crippen molar-refractivity contribution in [3.8, 4) is 11.5 Å². The summed E-state index contributed by atoms with van der Waals surface area (Å²) in [6.45, 7) is 4.80. The first-order valence-electron chi connectivity index (χ1n) is 9.01. The van der Waals surface area contributed by atoms with Crippen LogP contribution in [0.25, 0.3) is 11.5 Å². The minimum Gasteiger partial charge on any atom is -0.334 e. The van der Waals surface area contributed by atoms with E-state index in [4.69, 9.17) is 4.52 Å². The third-order valence-corrected chi connectivity index (χ3v) is 4.89. The Morgan fingerprint density at radius 3 is 2.48 bits per heavy atom. The van der Waals surface area contributed by atoms with E-state index in [9.17, 15) is 9.18 Å². The van der Waals surface area contributed by atoms with Crippen molar-refractivity contribution in [3.63, 3.8) is 0 Å². The molecule has 5 nitrogen and oxygen atoms in total. The molecule has 1 atom stereocenters. The molecule has 6 heteroatoms. The molecule has 1 aromatic heterocycles. The lowest BCUT2D eigenvalue weighted by molar-refractivity contribution is -0.117. The third kappa shape index (κ3) is 3.47. The van der Waals surface area contributed by atoms with Crippen LogP contribution in [0.3, 0.4) is 0 Å². The lowest BCUT2D eigenvalue weighted by atomic mass is 10.0.